The second kappa shape index (κ2) is 8.33. The molecule has 2 rings (SSSR count). The summed E-state index contributed by atoms with van der Waals surface area (Å²) < 4.78 is 0. The van der Waals surface area contributed by atoms with E-state index in [1.165, 1.54) is 11.8 Å². The Hall–Kier alpha value is -2.34. The van der Waals surface area contributed by atoms with Crippen molar-refractivity contribution < 1.29 is 9.59 Å². The van der Waals surface area contributed by atoms with E-state index in [9.17, 15) is 9.59 Å². The summed E-state index contributed by atoms with van der Waals surface area (Å²) in [4.78, 5) is 28.0. The average Bonchev–Trinajstić information content (AvgIpc) is 2.55. The van der Waals surface area contributed by atoms with E-state index in [0.29, 0.717) is 5.82 Å². The highest BCUT2D eigenvalue weighted by atomic mass is 32.2. The van der Waals surface area contributed by atoms with Crippen LogP contribution in [0.15, 0.2) is 48.7 Å². The molecule has 0 radical (unpaired) electrons. The molecule has 2 amide bonds. The summed E-state index contributed by atoms with van der Waals surface area (Å²) in [5, 5.41) is 5.18. The monoisotopic (exact) mass is 329 g/mol. The van der Waals surface area contributed by atoms with Crippen molar-refractivity contribution in [3.05, 3.63) is 54.2 Å². The van der Waals surface area contributed by atoms with Crippen molar-refractivity contribution >= 4 is 35.1 Å². The smallest absolute Gasteiger partial charge is 0.238 e. The van der Waals surface area contributed by atoms with Crippen LogP contribution in [0.3, 0.4) is 0 Å². The summed E-state index contributed by atoms with van der Waals surface area (Å²) in [6.07, 6.45) is 1.61. The molecular weight excluding hydrogens is 310 g/mol. The Kier molecular flexibility index (Phi) is 6.17. The molecule has 0 spiro atoms. The van der Waals surface area contributed by atoms with Gasteiger partial charge in [-0.05, 0) is 38.1 Å². The number of amides is 2. The second-order valence-electron chi connectivity index (χ2n) is 5.07. The normalized spacial score (nSPS) is 11.6. The van der Waals surface area contributed by atoms with E-state index < -0.39 is 0 Å². The second-order valence-corrected chi connectivity index (χ2v) is 6.40. The van der Waals surface area contributed by atoms with Gasteiger partial charge in [-0.2, -0.15) is 0 Å². The Morgan fingerprint density at radius 3 is 2.52 bits per heavy atom. The summed E-state index contributed by atoms with van der Waals surface area (Å²) in [7, 11) is 0. The van der Waals surface area contributed by atoms with Crippen LogP contribution in [0.4, 0.5) is 11.5 Å². The molecule has 0 saturated heterocycles. The molecule has 6 heteroatoms. The minimum atomic E-state index is -0.347. The molecule has 1 aromatic heterocycles. The molecule has 1 aromatic carbocycles. The first kappa shape index (κ1) is 17.0. The Labute approximate surface area is 139 Å². The molecule has 23 heavy (non-hydrogen) atoms. The summed E-state index contributed by atoms with van der Waals surface area (Å²) in [6.45, 7) is 3.76. The number of hydrogen-bond donors (Lipinski definition) is 2. The molecule has 1 heterocycles. The molecule has 0 bridgehead atoms. The molecule has 0 aliphatic rings. The van der Waals surface area contributed by atoms with Gasteiger partial charge in [0, 0.05) is 11.9 Å². The molecule has 2 N–H and O–H groups in total. The number of benzene rings is 1. The van der Waals surface area contributed by atoms with Crippen LogP contribution in [0.5, 0.6) is 0 Å². The topological polar surface area (TPSA) is 71.1 Å². The Morgan fingerprint density at radius 1 is 1.13 bits per heavy atom. The number of pyridine rings is 1. The van der Waals surface area contributed by atoms with Crippen LogP contribution < -0.4 is 10.6 Å². The van der Waals surface area contributed by atoms with Crippen LogP contribution in [0.2, 0.25) is 0 Å². The molecule has 5 nitrogen and oxygen atoms in total. The molecule has 0 aliphatic carbocycles. The third-order valence-corrected chi connectivity index (χ3v) is 4.23. The highest BCUT2D eigenvalue weighted by molar-refractivity contribution is 8.01. The third kappa shape index (κ3) is 5.75. The maximum atomic E-state index is 12.0. The molecule has 2 aromatic rings. The number of aromatic nitrogens is 1. The van der Waals surface area contributed by atoms with Gasteiger partial charge in [0.15, 0.2) is 0 Å². The van der Waals surface area contributed by atoms with Gasteiger partial charge in [0.05, 0.1) is 11.0 Å². The highest BCUT2D eigenvalue weighted by Crippen LogP contribution is 2.14. The summed E-state index contributed by atoms with van der Waals surface area (Å²) in [6, 6.07) is 12.9. The van der Waals surface area contributed by atoms with Gasteiger partial charge in [-0.15, -0.1) is 11.8 Å². The SMILES string of the molecule is Cc1ccc(NC(=O)CSC(C)C(=O)Nc2ccccn2)cc1. The van der Waals surface area contributed by atoms with Gasteiger partial charge in [-0.1, -0.05) is 23.8 Å². The zero-order valence-electron chi connectivity index (χ0n) is 13.1. The van der Waals surface area contributed by atoms with E-state index in [0.717, 1.165) is 11.3 Å². The number of nitrogens with one attached hydrogen (secondary N) is 2. The Balaban J connectivity index is 1.76. The fraction of sp³-hybridized carbons (Fsp3) is 0.235. The van der Waals surface area contributed by atoms with Gasteiger partial charge >= 0.3 is 0 Å². The van der Waals surface area contributed by atoms with E-state index in [2.05, 4.69) is 15.6 Å². The van der Waals surface area contributed by atoms with Crippen molar-refractivity contribution in [2.75, 3.05) is 16.4 Å². The van der Waals surface area contributed by atoms with Crippen molar-refractivity contribution in [3.8, 4) is 0 Å². The molecular formula is C17H19N3O2S. The van der Waals surface area contributed by atoms with Crippen molar-refractivity contribution in [1.82, 2.24) is 4.98 Å². The lowest BCUT2D eigenvalue weighted by Crippen LogP contribution is -2.25. The Bertz CT molecular complexity index is 659. The number of aryl methyl sites for hydroxylation is 1. The predicted molar refractivity (Wildman–Crippen MR) is 94.6 cm³/mol. The third-order valence-electron chi connectivity index (χ3n) is 3.09. The van der Waals surface area contributed by atoms with E-state index in [4.69, 9.17) is 0 Å². The zero-order valence-corrected chi connectivity index (χ0v) is 13.9. The van der Waals surface area contributed by atoms with Gasteiger partial charge in [0.2, 0.25) is 11.8 Å². The van der Waals surface area contributed by atoms with Crippen molar-refractivity contribution in [1.29, 1.82) is 0 Å². The largest absolute Gasteiger partial charge is 0.325 e. The fourth-order valence-corrected chi connectivity index (χ4v) is 2.46. The van der Waals surface area contributed by atoms with E-state index in [1.807, 2.05) is 31.2 Å². The van der Waals surface area contributed by atoms with Crippen LogP contribution in [-0.2, 0) is 9.59 Å². The first-order valence-electron chi connectivity index (χ1n) is 7.24. The zero-order chi connectivity index (χ0) is 16.7. The number of rotatable bonds is 6. The number of nitrogens with zero attached hydrogens (tertiary/aromatic N) is 1. The number of anilines is 2. The van der Waals surface area contributed by atoms with Crippen LogP contribution in [-0.4, -0.2) is 27.8 Å². The highest BCUT2D eigenvalue weighted by Gasteiger charge is 2.15. The van der Waals surface area contributed by atoms with Crippen LogP contribution in [0, 0.1) is 6.92 Å². The quantitative estimate of drug-likeness (QED) is 0.854. The maximum Gasteiger partial charge on any atom is 0.238 e. The molecule has 1 unspecified atom stereocenters. The maximum absolute atomic E-state index is 12.0. The average molecular weight is 329 g/mol. The van der Waals surface area contributed by atoms with E-state index >= 15 is 0 Å². The van der Waals surface area contributed by atoms with Gasteiger partial charge < -0.3 is 10.6 Å². The summed E-state index contributed by atoms with van der Waals surface area (Å²) in [5.41, 5.74) is 1.89. The van der Waals surface area contributed by atoms with Gasteiger partial charge in [0.1, 0.15) is 5.82 Å². The number of thioether (sulfide) groups is 1. The summed E-state index contributed by atoms with van der Waals surface area (Å²) in [5.74, 6) is 0.423. The van der Waals surface area contributed by atoms with E-state index in [1.54, 1.807) is 31.3 Å². The van der Waals surface area contributed by atoms with E-state index in [-0.39, 0.29) is 22.8 Å². The molecule has 120 valence electrons. The number of hydrogen-bond acceptors (Lipinski definition) is 4. The fourth-order valence-electron chi connectivity index (χ4n) is 1.77. The molecule has 0 aliphatic heterocycles. The number of carbonyl (C=O) groups excluding carboxylic acids is 2. The molecule has 1 atom stereocenters. The van der Waals surface area contributed by atoms with Crippen molar-refractivity contribution in [3.63, 3.8) is 0 Å². The van der Waals surface area contributed by atoms with Crippen LogP contribution in [0.1, 0.15) is 12.5 Å². The molecule has 0 fully saturated rings. The minimum absolute atomic E-state index is 0.128. The Morgan fingerprint density at radius 2 is 1.87 bits per heavy atom. The molecule has 0 saturated carbocycles. The first-order chi connectivity index (χ1) is 11.0. The lowest BCUT2D eigenvalue weighted by atomic mass is 10.2. The number of carbonyl (C=O) groups is 2. The van der Waals surface area contributed by atoms with Crippen molar-refractivity contribution in [2.45, 2.75) is 19.1 Å². The first-order valence-corrected chi connectivity index (χ1v) is 8.29. The van der Waals surface area contributed by atoms with Crippen molar-refractivity contribution in [2.24, 2.45) is 0 Å². The van der Waals surface area contributed by atoms with Gasteiger partial charge in [0.25, 0.3) is 0 Å². The van der Waals surface area contributed by atoms with Crippen LogP contribution in [0.25, 0.3) is 0 Å². The van der Waals surface area contributed by atoms with Gasteiger partial charge in [-0.3, -0.25) is 9.59 Å². The summed E-state index contributed by atoms with van der Waals surface area (Å²) >= 11 is 1.28. The lowest BCUT2D eigenvalue weighted by molar-refractivity contribution is -0.115. The standard InChI is InChI=1S/C17H19N3O2S/c1-12-6-8-14(9-7-12)19-16(21)11-23-13(2)17(22)20-15-5-3-4-10-18-15/h3-10,13H,11H2,1-2H3,(H,19,21)(H,18,20,22). The van der Waals surface area contributed by atoms with Crippen LogP contribution >= 0.6 is 11.8 Å². The lowest BCUT2D eigenvalue weighted by Gasteiger charge is -2.11. The minimum Gasteiger partial charge on any atom is -0.325 e. The predicted octanol–water partition coefficient (Wildman–Crippen LogP) is 3.09. The van der Waals surface area contributed by atoms with Gasteiger partial charge in [-0.25, -0.2) is 4.98 Å².